The Hall–Kier alpha value is -0.440. The topological polar surface area (TPSA) is 21.3 Å². The summed E-state index contributed by atoms with van der Waals surface area (Å²) in [5.74, 6) is 0.636. The van der Waals surface area contributed by atoms with Crippen LogP contribution in [0.25, 0.3) is 0 Å². The molecule has 17 heavy (non-hydrogen) atoms. The van der Waals surface area contributed by atoms with E-state index < -0.39 is 0 Å². The summed E-state index contributed by atoms with van der Waals surface area (Å²) in [7, 11) is 1.59. The van der Waals surface area contributed by atoms with E-state index in [-0.39, 0.29) is 0 Å². The van der Waals surface area contributed by atoms with Crippen molar-refractivity contribution in [2.75, 3.05) is 13.7 Å². The maximum Gasteiger partial charge on any atom is 0.138 e. The Morgan fingerprint density at radius 2 is 2.06 bits per heavy atom. The van der Waals surface area contributed by atoms with Gasteiger partial charge in [0.25, 0.3) is 0 Å². The molecular weight excluding hydrogens is 257 g/mol. The second-order valence-electron chi connectivity index (χ2n) is 4.41. The SMILES string of the molecule is COc1cc(Cl)c(CCCNC2CC2)cc1Cl. The summed E-state index contributed by atoms with van der Waals surface area (Å²) in [6, 6.07) is 4.46. The highest BCUT2D eigenvalue weighted by Gasteiger charge is 2.19. The maximum atomic E-state index is 6.17. The zero-order valence-corrected chi connectivity index (χ0v) is 11.4. The molecule has 0 saturated heterocycles. The van der Waals surface area contributed by atoms with E-state index in [1.807, 2.05) is 6.07 Å². The molecule has 0 amide bonds. The van der Waals surface area contributed by atoms with Crippen molar-refractivity contribution in [2.24, 2.45) is 0 Å². The van der Waals surface area contributed by atoms with Gasteiger partial charge in [-0.3, -0.25) is 0 Å². The van der Waals surface area contributed by atoms with Crippen molar-refractivity contribution in [3.8, 4) is 5.75 Å². The quantitative estimate of drug-likeness (QED) is 0.799. The molecule has 1 fully saturated rings. The highest BCUT2D eigenvalue weighted by Crippen LogP contribution is 2.31. The fourth-order valence-electron chi connectivity index (χ4n) is 1.79. The number of hydrogen-bond donors (Lipinski definition) is 1. The monoisotopic (exact) mass is 273 g/mol. The maximum absolute atomic E-state index is 6.17. The van der Waals surface area contributed by atoms with E-state index in [2.05, 4.69) is 5.32 Å². The zero-order valence-electron chi connectivity index (χ0n) is 9.93. The second-order valence-corrected chi connectivity index (χ2v) is 5.22. The Morgan fingerprint density at radius 1 is 1.29 bits per heavy atom. The van der Waals surface area contributed by atoms with Gasteiger partial charge in [-0.2, -0.15) is 0 Å². The summed E-state index contributed by atoms with van der Waals surface area (Å²) in [6.07, 6.45) is 4.69. The van der Waals surface area contributed by atoms with Gasteiger partial charge in [0.2, 0.25) is 0 Å². The molecule has 1 N–H and O–H groups in total. The van der Waals surface area contributed by atoms with Crippen molar-refractivity contribution in [3.63, 3.8) is 0 Å². The molecular formula is C13H17Cl2NO. The van der Waals surface area contributed by atoms with Gasteiger partial charge in [0, 0.05) is 17.1 Å². The molecule has 1 aromatic rings. The molecule has 1 saturated carbocycles. The van der Waals surface area contributed by atoms with Crippen molar-refractivity contribution < 1.29 is 4.74 Å². The summed E-state index contributed by atoms with van der Waals surface area (Å²) < 4.78 is 5.12. The van der Waals surface area contributed by atoms with Gasteiger partial charge in [-0.25, -0.2) is 0 Å². The molecule has 1 aromatic carbocycles. The minimum Gasteiger partial charge on any atom is -0.495 e. The van der Waals surface area contributed by atoms with Crippen LogP contribution in [0.4, 0.5) is 0 Å². The van der Waals surface area contributed by atoms with Gasteiger partial charge in [-0.05, 0) is 43.9 Å². The normalized spacial score (nSPS) is 15.0. The van der Waals surface area contributed by atoms with Crippen LogP contribution < -0.4 is 10.1 Å². The molecule has 0 radical (unpaired) electrons. The lowest BCUT2D eigenvalue weighted by Gasteiger charge is -2.09. The first-order valence-corrected chi connectivity index (χ1v) is 6.71. The predicted octanol–water partition coefficient (Wildman–Crippen LogP) is 3.69. The van der Waals surface area contributed by atoms with Crippen LogP contribution in [0.3, 0.4) is 0 Å². The number of aryl methyl sites for hydroxylation is 1. The fourth-order valence-corrected chi connectivity index (χ4v) is 2.30. The van der Waals surface area contributed by atoms with Crippen molar-refractivity contribution >= 4 is 23.2 Å². The lowest BCUT2D eigenvalue weighted by molar-refractivity contribution is 0.415. The Balaban J connectivity index is 1.88. The first-order valence-electron chi connectivity index (χ1n) is 5.96. The average Bonchev–Trinajstić information content (AvgIpc) is 3.12. The molecule has 2 rings (SSSR count). The lowest BCUT2D eigenvalue weighted by Crippen LogP contribution is -2.17. The van der Waals surface area contributed by atoms with Crippen molar-refractivity contribution in [2.45, 2.75) is 31.7 Å². The Kier molecular flexibility index (Phi) is 4.55. The molecule has 0 aromatic heterocycles. The van der Waals surface area contributed by atoms with Crippen LogP contribution in [0.2, 0.25) is 10.0 Å². The minimum atomic E-state index is 0.627. The summed E-state index contributed by atoms with van der Waals surface area (Å²) in [5, 5.41) is 4.84. The first kappa shape index (κ1) is 13.0. The summed E-state index contributed by atoms with van der Waals surface area (Å²) in [4.78, 5) is 0. The van der Waals surface area contributed by atoms with Crippen LogP contribution in [0.15, 0.2) is 12.1 Å². The number of nitrogens with one attached hydrogen (secondary N) is 1. The van der Waals surface area contributed by atoms with Crippen LogP contribution >= 0.6 is 23.2 Å². The molecule has 0 aliphatic heterocycles. The Morgan fingerprint density at radius 3 is 2.71 bits per heavy atom. The molecule has 2 nitrogen and oxygen atoms in total. The summed E-state index contributed by atoms with van der Waals surface area (Å²) >= 11 is 12.3. The molecule has 94 valence electrons. The van der Waals surface area contributed by atoms with Gasteiger partial charge in [-0.1, -0.05) is 23.2 Å². The second kappa shape index (κ2) is 5.94. The van der Waals surface area contributed by atoms with Crippen molar-refractivity contribution in [3.05, 3.63) is 27.7 Å². The van der Waals surface area contributed by atoms with Gasteiger partial charge >= 0.3 is 0 Å². The molecule has 0 bridgehead atoms. The molecule has 0 atom stereocenters. The number of hydrogen-bond acceptors (Lipinski definition) is 2. The highest BCUT2D eigenvalue weighted by atomic mass is 35.5. The van der Waals surface area contributed by atoms with Crippen molar-refractivity contribution in [1.29, 1.82) is 0 Å². The lowest BCUT2D eigenvalue weighted by atomic mass is 10.1. The van der Waals surface area contributed by atoms with Crippen LogP contribution in [-0.2, 0) is 6.42 Å². The van der Waals surface area contributed by atoms with Gasteiger partial charge in [0.05, 0.1) is 12.1 Å². The van der Waals surface area contributed by atoms with Gasteiger partial charge in [0.1, 0.15) is 5.75 Å². The zero-order chi connectivity index (χ0) is 12.3. The predicted molar refractivity (Wildman–Crippen MR) is 72.4 cm³/mol. The Bertz CT molecular complexity index is 391. The van der Waals surface area contributed by atoms with Crippen molar-refractivity contribution in [1.82, 2.24) is 5.32 Å². The van der Waals surface area contributed by atoms with E-state index in [9.17, 15) is 0 Å². The van der Waals surface area contributed by atoms with E-state index >= 15 is 0 Å². The minimum absolute atomic E-state index is 0.627. The van der Waals surface area contributed by atoms with E-state index in [4.69, 9.17) is 27.9 Å². The van der Waals surface area contributed by atoms with Gasteiger partial charge in [-0.15, -0.1) is 0 Å². The largest absolute Gasteiger partial charge is 0.495 e. The smallest absolute Gasteiger partial charge is 0.138 e. The van der Waals surface area contributed by atoms with E-state index in [1.54, 1.807) is 13.2 Å². The molecule has 0 spiro atoms. The fraction of sp³-hybridized carbons (Fsp3) is 0.538. The Labute approximate surface area is 112 Å². The summed E-state index contributed by atoms with van der Waals surface area (Å²) in [5.41, 5.74) is 1.09. The third kappa shape index (κ3) is 3.77. The first-order chi connectivity index (χ1) is 8.20. The van der Waals surface area contributed by atoms with Crippen LogP contribution in [0.1, 0.15) is 24.8 Å². The molecule has 0 heterocycles. The van der Waals surface area contributed by atoms with Crippen LogP contribution in [0.5, 0.6) is 5.75 Å². The van der Waals surface area contributed by atoms with Gasteiger partial charge in [0.15, 0.2) is 0 Å². The third-order valence-corrected chi connectivity index (χ3v) is 3.60. The third-order valence-electron chi connectivity index (χ3n) is 2.95. The number of benzene rings is 1. The molecule has 0 unspecified atom stereocenters. The van der Waals surface area contributed by atoms with Crippen LogP contribution in [-0.4, -0.2) is 19.7 Å². The molecule has 1 aliphatic rings. The molecule has 4 heteroatoms. The average molecular weight is 274 g/mol. The molecule has 1 aliphatic carbocycles. The number of halogens is 2. The van der Waals surface area contributed by atoms with Crippen LogP contribution in [0, 0.1) is 0 Å². The standard InChI is InChI=1S/C13H17Cl2NO/c1-17-13-8-11(14)9(7-12(13)15)3-2-6-16-10-4-5-10/h7-8,10,16H,2-6H2,1H3. The number of ether oxygens (including phenoxy) is 1. The highest BCUT2D eigenvalue weighted by molar-refractivity contribution is 6.34. The summed E-state index contributed by atoms with van der Waals surface area (Å²) in [6.45, 7) is 1.05. The van der Waals surface area contributed by atoms with E-state index in [1.165, 1.54) is 12.8 Å². The number of rotatable bonds is 6. The van der Waals surface area contributed by atoms with E-state index in [0.29, 0.717) is 10.8 Å². The van der Waals surface area contributed by atoms with E-state index in [0.717, 1.165) is 36.0 Å². The van der Waals surface area contributed by atoms with Gasteiger partial charge < -0.3 is 10.1 Å². The number of methoxy groups -OCH3 is 1.